The number of hydrogen-bond acceptors (Lipinski definition) is 7. The second-order valence-electron chi connectivity index (χ2n) is 6.83. The summed E-state index contributed by atoms with van der Waals surface area (Å²) in [4.78, 5) is 43.7. The Balaban J connectivity index is 1.51. The third-order valence-corrected chi connectivity index (χ3v) is 7.00. The summed E-state index contributed by atoms with van der Waals surface area (Å²) >= 11 is 2.82. The van der Waals surface area contributed by atoms with E-state index >= 15 is 0 Å². The van der Waals surface area contributed by atoms with Crippen LogP contribution in [-0.2, 0) is 14.3 Å². The SMILES string of the molecule is COC(=O)[C@H]1CN(C(=O)CSc2nc3ccccc3c(=O)n2C2CC2)CCS1. The molecule has 148 valence electrons. The minimum Gasteiger partial charge on any atom is -0.468 e. The van der Waals surface area contributed by atoms with Crippen LogP contribution >= 0.6 is 23.5 Å². The summed E-state index contributed by atoms with van der Waals surface area (Å²) in [7, 11) is 1.36. The zero-order chi connectivity index (χ0) is 19.7. The molecule has 0 N–H and O–H groups in total. The van der Waals surface area contributed by atoms with Gasteiger partial charge in [0.05, 0.1) is 23.8 Å². The van der Waals surface area contributed by atoms with Crippen molar-refractivity contribution in [3.63, 3.8) is 0 Å². The summed E-state index contributed by atoms with van der Waals surface area (Å²) in [5.41, 5.74) is 0.614. The minimum atomic E-state index is -0.337. The molecule has 1 atom stereocenters. The number of methoxy groups -OCH3 is 1. The van der Waals surface area contributed by atoms with Crippen molar-refractivity contribution in [3.8, 4) is 0 Å². The van der Waals surface area contributed by atoms with Crippen molar-refractivity contribution < 1.29 is 14.3 Å². The van der Waals surface area contributed by atoms with Gasteiger partial charge in [-0.1, -0.05) is 23.9 Å². The molecule has 0 radical (unpaired) electrons. The van der Waals surface area contributed by atoms with Crippen LogP contribution < -0.4 is 5.56 Å². The predicted octanol–water partition coefficient (Wildman–Crippen LogP) is 1.94. The molecule has 1 saturated heterocycles. The Morgan fingerprint density at radius 1 is 1.32 bits per heavy atom. The molecule has 2 heterocycles. The van der Waals surface area contributed by atoms with Gasteiger partial charge in [0.2, 0.25) is 5.91 Å². The highest BCUT2D eigenvalue weighted by molar-refractivity contribution is 8.00. The topological polar surface area (TPSA) is 81.5 Å². The quantitative estimate of drug-likeness (QED) is 0.416. The molecule has 1 saturated carbocycles. The zero-order valence-corrected chi connectivity index (χ0v) is 17.1. The number of carbonyl (C=O) groups is 2. The molecule has 0 bridgehead atoms. The van der Waals surface area contributed by atoms with E-state index < -0.39 is 0 Å². The molecule has 0 spiro atoms. The van der Waals surface area contributed by atoms with Crippen molar-refractivity contribution in [3.05, 3.63) is 34.6 Å². The molecular weight excluding hydrogens is 398 g/mol. The standard InChI is InChI=1S/C19H21N3O4S2/c1-26-18(25)15-10-21(8-9-27-15)16(23)11-28-19-20-14-5-3-2-4-13(14)17(24)22(19)12-6-7-12/h2-5,12,15H,6-11H2,1H3/t15-/m1/s1. The molecular formula is C19H21N3O4S2. The van der Waals surface area contributed by atoms with E-state index in [0.29, 0.717) is 34.9 Å². The molecule has 1 amide bonds. The molecule has 1 aliphatic heterocycles. The van der Waals surface area contributed by atoms with E-state index in [1.165, 1.54) is 30.6 Å². The lowest BCUT2D eigenvalue weighted by molar-refractivity contribution is -0.141. The van der Waals surface area contributed by atoms with Gasteiger partial charge in [-0.15, -0.1) is 11.8 Å². The Morgan fingerprint density at radius 3 is 2.86 bits per heavy atom. The second kappa shape index (κ2) is 8.16. The summed E-state index contributed by atoms with van der Waals surface area (Å²) in [6.45, 7) is 0.968. The Morgan fingerprint density at radius 2 is 2.11 bits per heavy atom. The van der Waals surface area contributed by atoms with Crippen LogP contribution in [-0.4, -0.2) is 63.3 Å². The van der Waals surface area contributed by atoms with Gasteiger partial charge in [-0.25, -0.2) is 4.98 Å². The maximum atomic E-state index is 12.9. The number of esters is 1. The maximum Gasteiger partial charge on any atom is 0.320 e. The van der Waals surface area contributed by atoms with Crippen LogP contribution in [0.5, 0.6) is 0 Å². The molecule has 2 fully saturated rings. The molecule has 7 nitrogen and oxygen atoms in total. The Bertz CT molecular complexity index is 973. The monoisotopic (exact) mass is 419 g/mol. The fraction of sp³-hybridized carbons (Fsp3) is 0.474. The number of amides is 1. The van der Waals surface area contributed by atoms with Crippen molar-refractivity contribution >= 4 is 46.3 Å². The summed E-state index contributed by atoms with van der Waals surface area (Å²) in [5, 5.41) is 0.866. The van der Waals surface area contributed by atoms with Crippen LogP contribution in [0.15, 0.2) is 34.2 Å². The van der Waals surface area contributed by atoms with Gasteiger partial charge in [-0.05, 0) is 25.0 Å². The van der Waals surface area contributed by atoms with Gasteiger partial charge in [-0.2, -0.15) is 0 Å². The first-order valence-corrected chi connectivity index (χ1v) is 11.2. The van der Waals surface area contributed by atoms with E-state index in [-0.39, 0.29) is 34.5 Å². The van der Waals surface area contributed by atoms with Crippen LogP contribution in [0.2, 0.25) is 0 Å². The zero-order valence-electron chi connectivity index (χ0n) is 15.5. The largest absolute Gasteiger partial charge is 0.468 e. The molecule has 1 aliphatic carbocycles. The van der Waals surface area contributed by atoms with E-state index in [1.54, 1.807) is 15.5 Å². The van der Waals surface area contributed by atoms with Crippen LogP contribution in [0, 0.1) is 0 Å². The molecule has 2 aromatic rings. The normalized spacial score (nSPS) is 19.6. The van der Waals surface area contributed by atoms with Crippen molar-refractivity contribution in [2.45, 2.75) is 29.3 Å². The van der Waals surface area contributed by atoms with Crippen molar-refractivity contribution in [1.82, 2.24) is 14.5 Å². The summed E-state index contributed by atoms with van der Waals surface area (Å²) in [6.07, 6.45) is 1.93. The average Bonchev–Trinajstić information content (AvgIpc) is 3.56. The van der Waals surface area contributed by atoms with Crippen molar-refractivity contribution in [1.29, 1.82) is 0 Å². The Hall–Kier alpha value is -2.00. The number of benzene rings is 1. The third-order valence-electron chi connectivity index (χ3n) is 4.90. The molecule has 1 aromatic carbocycles. The van der Waals surface area contributed by atoms with E-state index in [2.05, 4.69) is 4.98 Å². The predicted molar refractivity (Wildman–Crippen MR) is 110 cm³/mol. The molecule has 0 unspecified atom stereocenters. The number of fused-ring (bicyclic) bond motifs is 1. The lowest BCUT2D eigenvalue weighted by atomic mass is 10.2. The first-order chi connectivity index (χ1) is 13.6. The summed E-state index contributed by atoms with van der Waals surface area (Å²) < 4.78 is 6.54. The van der Waals surface area contributed by atoms with Gasteiger partial charge in [-0.3, -0.25) is 19.0 Å². The lowest BCUT2D eigenvalue weighted by Crippen LogP contribution is -2.45. The van der Waals surface area contributed by atoms with Crippen molar-refractivity contribution in [2.75, 3.05) is 31.7 Å². The van der Waals surface area contributed by atoms with E-state index in [9.17, 15) is 14.4 Å². The highest BCUT2D eigenvalue weighted by atomic mass is 32.2. The molecule has 4 rings (SSSR count). The number of ether oxygens (including phenoxy) is 1. The van der Waals surface area contributed by atoms with Gasteiger partial charge in [0.25, 0.3) is 5.56 Å². The smallest absolute Gasteiger partial charge is 0.320 e. The minimum absolute atomic E-state index is 0.0387. The number of aromatic nitrogens is 2. The van der Waals surface area contributed by atoms with E-state index in [4.69, 9.17) is 4.74 Å². The van der Waals surface area contributed by atoms with Crippen LogP contribution in [0.25, 0.3) is 10.9 Å². The maximum absolute atomic E-state index is 12.9. The van der Waals surface area contributed by atoms with Gasteiger partial charge in [0, 0.05) is 24.9 Å². The van der Waals surface area contributed by atoms with Crippen LogP contribution in [0.1, 0.15) is 18.9 Å². The highest BCUT2D eigenvalue weighted by Gasteiger charge is 2.31. The third kappa shape index (κ3) is 3.91. The number of nitrogens with zero attached hydrogens (tertiary/aromatic N) is 3. The van der Waals surface area contributed by atoms with Gasteiger partial charge >= 0.3 is 5.97 Å². The molecule has 1 aromatic heterocycles. The number of thioether (sulfide) groups is 2. The van der Waals surface area contributed by atoms with Gasteiger partial charge in [0.15, 0.2) is 5.16 Å². The fourth-order valence-electron chi connectivity index (χ4n) is 3.25. The number of para-hydroxylation sites is 1. The molecule has 9 heteroatoms. The molecule has 2 aliphatic rings. The van der Waals surface area contributed by atoms with Crippen molar-refractivity contribution in [2.24, 2.45) is 0 Å². The van der Waals surface area contributed by atoms with Gasteiger partial charge < -0.3 is 9.64 Å². The highest BCUT2D eigenvalue weighted by Crippen LogP contribution is 2.37. The average molecular weight is 420 g/mol. The Kier molecular flexibility index (Phi) is 5.63. The van der Waals surface area contributed by atoms with Gasteiger partial charge in [0.1, 0.15) is 5.25 Å². The van der Waals surface area contributed by atoms with E-state index in [1.807, 2.05) is 18.2 Å². The summed E-state index contributed by atoms with van der Waals surface area (Å²) in [6, 6.07) is 7.49. The lowest BCUT2D eigenvalue weighted by Gasteiger charge is -2.30. The first kappa shape index (κ1) is 19.3. The second-order valence-corrected chi connectivity index (χ2v) is 9.08. The number of hydrogen-bond donors (Lipinski definition) is 0. The fourth-order valence-corrected chi connectivity index (χ4v) is 5.35. The van der Waals surface area contributed by atoms with Crippen LogP contribution in [0.3, 0.4) is 0 Å². The van der Waals surface area contributed by atoms with Crippen LogP contribution in [0.4, 0.5) is 0 Å². The summed E-state index contributed by atoms with van der Waals surface area (Å²) in [5.74, 6) is 0.547. The number of rotatable bonds is 5. The number of carbonyl (C=O) groups excluding carboxylic acids is 2. The van der Waals surface area contributed by atoms with E-state index in [0.717, 1.165) is 12.8 Å². The Labute approximate surface area is 170 Å². The molecule has 28 heavy (non-hydrogen) atoms. The first-order valence-electron chi connectivity index (χ1n) is 9.19.